The number of rotatable bonds is 3. The SMILES string of the molecule is COc1cc(C(=O)c2nnnn2C)sn1. The van der Waals surface area contributed by atoms with Crippen molar-refractivity contribution in [3.63, 3.8) is 0 Å². The average Bonchev–Trinajstić information content (AvgIpc) is 2.84. The summed E-state index contributed by atoms with van der Waals surface area (Å²) in [4.78, 5) is 12.3. The Kier molecular flexibility index (Phi) is 2.42. The van der Waals surface area contributed by atoms with Crippen LogP contribution in [0.5, 0.6) is 5.88 Å². The first kappa shape index (κ1) is 9.71. The van der Waals surface area contributed by atoms with E-state index in [-0.39, 0.29) is 11.6 Å². The second kappa shape index (κ2) is 3.73. The molecular weight excluding hydrogens is 218 g/mol. The van der Waals surface area contributed by atoms with Gasteiger partial charge in [0.2, 0.25) is 17.5 Å². The van der Waals surface area contributed by atoms with E-state index < -0.39 is 0 Å². The van der Waals surface area contributed by atoms with Crippen molar-refractivity contribution in [2.45, 2.75) is 0 Å². The number of methoxy groups -OCH3 is 1. The van der Waals surface area contributed by atoms with E-state index in [1.807, 2.05) is 0 Å². The van der Waals surface area contributed by atoms with Gasteiger partial charge in [0.1, 0.15) is 4.88 Å². The van der Waals surface area contributed by atoms with Crippen molar-refractivity contribution in [3.8, 4) is 5.88 Å². The number of ether oxygens (including phenoxy) is 1. The first-order valence-corrected chi connectivity index (χ1v) is 4.77. The molecule has 8 heteroatoms. The zero-order valence-corrected chi connectivity index (χ0v) is 8.85. The average molecular weight is 225 g/mol. The summed E-state index contributed by atoms with van der Waals surface area (Å²) >= 11 is 1.06. The fourth-order valence-corrected chi connectivity index (χ4v) is 1.64. The molecule has 0 aromatic carbocycles. The molecule has 0 aliphatic rings. The van der Waals surface area contributed by atoms with Crippen molar-refractivity contribution < 1.29 is 9.53 Å². The molecule has 0 N–H and O–H groups in total. The Morgan fingerprint density at radius 1 is 1.60 bits per heavy atom. The van der Waals surface area contributed by atoms with Crippen LogP contribution in [0.1, 0.15) is 15.5 Å². The highest BCUT2D eigenvalue weighted by atomic mass is 32.1. The third kappa shape index (κ3) is 1.71. The van der Waals surface area contributed by atoms with Crippen LogP contribution in [0.3, 0.4) is 0 Å². The van der Waals surface area contributed by atoms with Crippen molar-refractivity contribution in [1.82, 2.24) is 24.6 Å². The lowest BCUT2D eigenvalue weighted by atomic mass is 10.3. The van der Waals surface area contributed by atoms with E-state index in [1.54, 1.807) is 13.1 Å². The lowest BCUT2D eigenvalue weighted by Gasteiger charge is -1.92. The first-order chi connectivity index (χ1) is 7.22. The summed E-state index contributed by atoms with van der Waals surface area (Å²) in [5.74, 6) is 0.336. The van der Waals surface area contributed by atoms with Gasteiger partial charge in [-0.2, -0.15) is 4.37 Å². The second-order valence-corrected chi connectivity index (χ2v) is 3.49. The highest BCUT2D eigenvalue weighted by Crippen LogP contribution is 2.18. The maximum absolute atomic E-state index is 11.8. The molecule has 0 atom stereocenters. The zero-order chi connectivity index (χ0) is 10.8. The molecule has 2 aromatic rings. The third-order valence-electron chi connectivity index (χ3n) is 1.74. The Hall–Kier alpha value is -1.83. The first-order valence-electron chi connectivity index (χ1n) is 4.00. The van der Waals surface area contributed by atoms with Gasteiger partial charge in [0, 0.05) is 13.1 Å². The van der Waals surface area contributed by atoms with Crippen LogP contribution in [-0.4, -0.2) is 37.5 Å². The van der Waals surface area contributed by atoms with Crippen LogP contribution in [0, 0.1) is 0 Å². The van der Waals surface area contributed by atoms with E-state index in [0.29, 0.717) is 10.8 Å². The minimum absolute atomic E-state index is 0.182. The van der Waals surface area contributed by atoms with Crippen LogP contribution in [0.25, 0.3) is 0 Å². The largest absolute Gasteiger partial charge is 0.480 e. The van der Waals surface area contributed by atoms with Crippen LogP contribution in [0.4, 0.5) is 0 Å². The van der Waals surface area contributed by atoms with Crippen molar-refractivity contribution in [3.05, 3.63) is 16.8 Å². The third-order valence-corrected chi connectivity index (χ3v) is 2.52. The summed E-state index contributed by atoms with van der Waals surface area (Å²) in [5, 5.41) is 10.6. The number of carbonyl (C=O) groups excluding carboxylic acids is 1. The number of tetrazole rings is 1. The maximum Gasteiger partial charge on any atom is 0.243 e. The fourth-order valence-electron chi connectivity index (χ4n) is 0.994. The molecule has 7 nitrogen and oxygen atoms in total. The fraction of sp³-hybridized carbons (Fsp3) is 0.286. The molecule has 15 heavy (non-hydrogen) atoms. The Morgan fingerprint density at radius 2 is 2.40 bits per heavy atom. The van der Waals surface area contributed by atoms with Crippen molar-refractivity contribution in [2.24, 2.45) is 7.05 Å². The summed E-state index contributed by atoms with van der Waals surface area (Å²) in [6.45, 7) is 0. The molecule has 0 saturated heterocycles. The molecule has 2 aromatic heterocycles. The topological polar surface area (TPSA) is 82.8 Å². The summed E-state index contributed by atoms with van der Waals surface area (Å²) in [6.07, 6.45) is 0. The van der Waals surface area contributed by atoms with E-state index in [2.05, 4.69) is 19.9 Å². The molecule has 0 amide bonds. The molecule has 0 aliphatic carbocycles. The summed E-state index contributed by atoms with van der Waals surface area (Å²) < 4.78 is 10.1. The lowest BCUT2D eigenvalue weighted by molar-refractivity contribution is 0.102. The predicted molar refractivity (Wildman–Crippen MR) is 50.9 cm³/mol. The summed E-state index contributed by atoms with van der Waals surface area (Å²) in [5.41, 5.74) is 0. The van der Waals surface area contributed by atoms with E-state index in [9.17, 15) is 4.79 Å². The second-order valence-electron chi connectivity index (χ2n) is 2.69. The molecule has 0 aliphatic heterocycles. The van der Waals surface area contributed by atoms with Crippen molar-refractivity contribution >= 4 is 17.3 Å². The molecule has 0 fully saturated rings. The molecular formula is C7H7N5O2S. The Labute approximate surface area is 88.8 Å². The number of hydrogen-bond donors (Lipinski definition) is 0. The Bertz CT molecular complexity index is 491. The molecule has 78 valence electrons. The van der Waals surface area contributed by atoms with Gasteiger partial charge in [0.25, 0.3) is 0 Å². The van der Waals surface area contributed by atoms with Gasteiger partial charge in [-0.3, -0.25) is 4.79 Å². The summed E-state index contributed by atoms with van der Waals surface area (Å²) in [6, 6.07) is 1.56. The molecule has 2 heterocycles. The van der Waals surface area contributed by atoms with E-state index >= 15 is 0 Å². The molecule has 2 rings (SSSR count). The quantitative estimate of drug-likeness (QED) is 0.679. The van der Waals surface area contributed by atoms with E-state index in [1.165, 1.54) is 11.8 Å². The van der Waals surface area contributed by atoms with Gasteiger partial charge in [-0.15, -0.1) is 5.10 Å². The molecule has 0 radical (unpaired) electrons. The van der Waals surface area contributed by atoms with Crippen molar-refractivity contribution in [2.75, 3.05) is 7.11 Å². The summed E-state index contributed by atoms with van der Waals surface area (Å²) in [7, 11) is 3.10. The van der Waals surface area contributed by atoms with Gasteiger partial charge in [0.15, 0.2) is 0 Å². The number of hydrogen-bond acceptors (Lipinski definition) is 7. The van der Waals surface area contributed by atoms with E-state index in [0.717, 1.165) is 11.5 Å². The minimum atomic E-state index is -0.261. The molecule has 0 saturated carbocycles. The minimum Gasteiger partial charge on any atom is -0.480 e. The molecule has 0 bridgehead atoms. The monoisotopic (exact) mass is 225 g/mol. The van der Waals surface area contributed by atoms with Gasteiger partial charge in [0.05, 0.1) is 7.11 Å². The van der Waals surface area contributed by atoms with Crippen LogP contribution in [0.2, 0.25) is 0 Å². The lowest BCUT2D eigenvalue weighted by Crippen LogP contribution is -2.08. The highest BCUT2D eigenvalue weighted by molar-refractivity contribution is 7.08. The molecule has 0 spiro atoms. The van der Waals surface area contributed by atoms with Crippen LogP contribution in [-0.2, 0) is 7.05 Å². The standard InChI is InChI=1S/C7H7N5O2S/c1-12-7(8-10-11-12)6(13)4-3-5(14-2)9-15-4/h3H,1-2H3. The zero-order valence-electron chi connectivity index (χ0n) is 8.04. The number of nitrogens with zero attached hydrogens (tertiary/aromatic N) is 5. The number of carbonyl (C=O) groups is 1. The highest BCUT2D eigenvalue weighted by Gasteiger charge is 2.18. The van der Waals surface area contributed by atoms with E-state index in [4.69, 9.17) is 4.74 Å². The predicted octanol–water partition coefficient (Wildman–Crippen LogP) is -0.0938. The van der Waals surface area contributed by atoms with Gasteiger partial charge in [-0.1, -0.05) is 0 Å². The van der Waals surface area contributed by atoms with Crippen LogP contribution in [0.15, 0.2) is 6.07 Å². The van der Waals surface area contributed by atoms with Crippen molar-refractivity contribution in [1.29, 1.82) is 0 Å². The number of ketones is 1. The van der Waals surface area contributed by atoms with Gasteiger partial charge in [-0.25, -0.2) is 4.68 Å². The maximum atomic E-state index is 11.8. The normalized spacial score (nSPS) is 10.3. The number of aromatic nitrogens is 5. The molecule has 0 unspecified atom stereocenters. The van der Waals surface area contributed by atoms with Gasteiger partial charge >= 0.3 is 0 Å². The van der Waals surface area contributed by atoms with Gasteiger partial charge < -0.3 is 4.74 Å². The smallest absolute Gasteiger partial charge is 0.243 e. The Morgan fingerprint density at radius 3 is 2.93 bits per heavy atom. The van der Waals surface area contributed by atoms with Crippen LogP contribution >= 0.6 is 11.5 Å². The number of aryl methyl sites for hydroxylation is 1. The van der Waals surface area contributed by atoms with Crippen LogP contribution < -0.4 is 4.74 Å². The van der Waals surface area contributed by atoms with Gasteiger partial charge in [-0.05, 0) is 22.0 Å². The Balaban J connectivity index is 2.32.